The van der Waals surface area contributed by atoms with Crippen molar-refractivity contribution in [2.75, 3.05) is 26.8 Å². The van der Waals surface area contributed by atoms with Gasteiger partial charge in [-0.3, -0.25) is 9.59 Å². The first-order valence-electron chi connectivity index (χ1n) is 6.75. The van der Waals surface area contributed by atoms with Gasteiger partial charge in [0.2, 0.25) is 0 Å². The summed E-state index contributed by atoms with van der Waals surface area (Å²) in [5.41, 5.74) is 0. The van der Waals surface area contributed by atoms with Crippen molar-refractivity contribution < 1.29 is 24.2 Å². The Kier molecular flexibility index (Phi) is 6.52. The van der Waals surface area contributed by atoms with Crippen LogP contribution >= 0.6 is 0 Å². The third kappa shape index (κ3) is 5.33. The average molecular weight is 295 g/mol. The molecule has 0 saturated heterocycles. The minimum Gasteiger partial charge on any atom is -0.497 e. The highest BCUT2D eigenvalue weighted by atomic mass is 16.5. The van der Waals surface area contributed by atoms with Gasteiger partial charge in [0.15, 0.2) is 6.61 Å². The monoisotopic (exact) mass is 295 g/mol. The Balaban J connectivity index is 2.51. The molecule has 1 atom stereocenters. The zero-order valence-electron chi connectivity index (χ0n) is 12.5. The highest BCUT2D eigenvalue weighted by Crippen LogP contribution is 2.17. The highest BCUT2D eigenvalue weighted by molar-refractivity contribution is 5.78. The Morgan fingerprint density at radius 3 is 2.29 bits per heavy atom. The van der Waals surface area contributed by atoms with Gasteiger partial charge in [-0.1, -0.05) is 6.92 Å². The van der Waals surface area contributed by atoms with Crippen LogP contribution < -0.4 is 9.47 Å². The quantitative estimate of drug-likeness (QED) is 0.789. The fourth-order valence-corrected chi connectivity index (χ4v) is 1.72. The molecule has 1 rings (SSSR count). The number of carboxylic acid groups (broad SMARTS) is 1. The van der Waals surface area contributed by atoms with Crippen molar-refractivity contribution in [1.29, 1.82) is 0 Å². The number of likely N-dealkylation sites (N-methyl/N-ethyl adjacent to an activating group) is 1. The predicted octanol–water partition coefficient (Wildman–Crippen LogP) is 1.64. The molecule has 1 unspecified atom stereocenters. The SMILES string of the molecule is CCN(CC(C)C(=O)O)C(=O)COc1ccc(OC)cc1. The second-order valence-corrected chi connectivity index (χ2v) is 4.64. The normalized spacial score (nSPS) is 11.6. The number of methoxy groups -OCH3 is 1. The molecular weight excluding hydrogens is 274 g/mol. The van der Waals surface area contributed by atoms with E-state index in [1.54, 1.807) is 45.2 Å². The van der Waals surface area contributed by atoms with Crippen LogP contribution in [0.2, 0.25) is 0 Å². The van der Waals surface area contributed by atoms with E-state index in [1.807, 2.05) is 0 Å². The molecule has 0 aliphatic rings. The van der Waals surface area contributed by atoms with Crippen LogP contribution in [0.5, 0.6) is 11.5 Å². The van der Waals surface area contributed by atoms with E-state index < -0.39 is 11.9 Å². The molecule has 0 spiro atoms. The molecule has 1 amide bonds. The molecule has 0 fully saturated rings. The van der Waals surface area contributed by atoms with Crippen molar-refractivity contribution in [2.45, 2.75) is 13.8 Å². The Bertz CT molecular complexity index is 471. The van der Waals surface area contributed by atoms with E-state index in [-0.39, 0.29) is 19.1 Å². The Morgan fingerprint density at radius 1 is 1.24 bits per heavy atom. The van der Waals surface area contributed by atoms with Gasteiger partial charge < -0.3 is 19.5 Å². The minimum atomic E-state index is -0.919. The molecule has 0 aliphatic heterocycles. The Hall–Kier alpha value is -2.24. The van der Waals surface area contributed by atoms with Gasteiger partial charge in [0.1, 0.15) is 11.5 Å². The first-order chi connectivity index (χ1) is 9.97. The number of amides is 1. The second-order valence-electron chi connectivity index (χ2n) is 4.64. The lowest BCUT2D eigenvalue weighted by molar-refractivity contribution is -0.143. The maximum atomic E-state index is 12.0. The number of carbonyl (C=O) groups is 2. The molecule has 0 saturated carbocycles. The summed E-state index contributed by atoms with van der Waals surface area (Å²) in [6.07, 6.45) is 0. The van der Waals surface area contributed by atoms with Gasteiger partial charge in [0.25, 0.3) is 5.91 Å². The van der Waals surface area contributed by atoms with Crippen molar-refractivity contribution in [3.8, 4) is 11.5 Å². The fraction of sp³-hybridized carbons (Fsp3) is 0.467. The van der Waals surface area contributed by atoms with Crippen molar-refractivity contribution >= 4 is 11.9 Å². The number of hydrogen-bond acceptors (Lipinski definition) is 4. The molecule has 0 bridgehead atoms. The number of ether oxygens (including phenoxy) is 2. The molecule has 0 heterocycles. The predicted molar refractivity (Wildman–Crippen MR) is 77.5 cm³/mol. The number of benzene rings is 1. The van der Waals surface area contributed by atoms with E-state index >= 15 is 0 Å². The first-order valence-corrected chi connectivity index (χ1v) is 6.75. The number of carboxylic acids is 1. The number of rotatable bonds is 8. The van der Waals surface area contributed by atoms with E-state index in [0.29, 0.717) is 18.0 Å². The molecule has 1 N–H and O–H groups in total. The molecular formula is C15H21NO5. The van der Waals surface area contributed by atoms with E-state index in [0.717, 1.165) is 0 Å². The Morgan fingerprint density at radius 2 is 1.81 bits per heavy atom. The van der Waals surface area contributed by atoms with Crippen LogP contribution in [0.4, 0.5) is 0 Å². The largest absolute Gasteiger partial charge is 0.497 e. The summed E-state index contributed by atoms with van der Waals surface area (Å²) in [7, 11) is 1.57. The van der Waals surface area contributed by atoms with Crippen molar-refractivity contribution in [1.82, 2.24) is 4.90 Å². The lowest BCUT2D eigenvalue weighted by atomic mass is 10.1. The van der Waals surface area contributed by atoms with E-state index in [9.17, 15) is 9.59 Å². The maximum Gasteiger partial charge on any atom is 0.308 e. The number of aliphatic carboxylic acids is 1. The first kappa shape index (κ1) is 16.8. The number of hydrogen-bond donors (Lipinski definition) is 1. The lowest BCUT2D eigenvalue weighted by Crippen LogP contribution is -2.39. The summed E-state index contributed by atoms with van der Waals surface area (Å²) >= 11 is 0. The van der Waals surface area contributed by atoms with Gasteiger partial charge in [0.05, 0.1) is 13.0 Å². The second kappa shape index (κ2) is 8.14. The fourth-order valence-electron chi connectivity index (χ4n) is 1.72. The summed E-state index contributed by atoms with van der Waals surface area (Å²) in [5, 5.41) is 8.88. The molecule has 6 heteroatoms. The Labute approximate surface area is 124 Å². The van der Waals surface area contributed by atoms with Crippen molar-refractivity contribution in [3.63, 3.8) is 0 Å². The van der Waals surface area contributed by atoms with Gasteiger partial charge in [-0.25, -0.2) is 0 Å². The van der Waals surface area contributed by atoms with E-state index in [4.69, 9.17) is 14.6 Å². The van der Waals surface area contributed by atoms with Crippen LogP contribution in [-0.4, -0.2) is 48.7 Å². The number of nitrogens with zero attached hydrogens (tertiary/aromatic N) is 1. The molecule has 0 aromatic heterocycles. The third-order valence-corrected chi connectivity index (χ3v) is 3.07. The van der Waals surface area contributed by atoms with Gasteiger partial charge in [0, 0.05) is 13.1 Å². The van der Waals surface area contributed by atoms with Gasteiger partial charge in [-0.2, -0.15) is 0 Å². The minimum absolute atomic E-state index is 0.119. The van der Waals surface area contributed by atoms with E-state index in [1.165, 1.54) is 4.90 Å². The third-order valence-electron chi connectivity index (χ3n) is 3.07. The summed E-state index contributed by atoms with van der Waals surface area (Å²) in [4.78, 5) is 24.3. The lowest BCUT2D eigenvalue weighted by Gasteiger charge is -2.22. The van der Waals surface area contributed by atoms with Crippen LogP contribution in [0, 0.1) is 5.92 Å². The van der Waals surface area contributed by atoms with Gasteiger partial charge in [-0.05, 0) is 31.2 Å². The maximum absolute atomic E-state index is 12.0. The van der Waals surface area contributed by atoms with Crippen LogP contribution in [0.3, 0.4) is 0 Å². The molecule has 6 nitrogen and oxygen atoms in total. The highest BCUT2D eigenvalue weighted by Gasteiger charge is 2.19. The zero-order valence-corrected chi connectivity index (χ0v) is 12.5. The number of carbonyl (C=O) groups excluding carboxylic acids is 1. The molecule has 116 valence electrons. The smallest absolute Gasteiger partial charge is 0.308 e. The van der Waals surface area contributed by atoms with Crippen LogP contribution in [0.1, 0.15) is 13.8 Å². The van der Waals surface area contributed by atoms with Gasteiger partial charge >= 0.3 is 5.97 Å². The summed E-state index contributed by atoms with van der Waals surface area (Å²) < 4.78 is 10.4. The zero-order chi connectivity index (χ0) is 15.8. The van der Waals surface area contributed by atoms with Crippen LogP contribution in [0.15, 0.2) is 24.3 Å². The topological polar surface area (TPSA) is 76.1 Å². The average Bonchev–Trinajstić information content (AvgIpc) is 2.50. The van der Waals surface area contributed by atoms with Crippen molar-refractivity contribution in [3.05, 3.63) is 24.3 Å². The molecule has 0 aliphatic carbocycles. The summed E-state index contributed by atoms with van der Waals surface area (Å²) in [5.74, 6) is -0.487. The molecule has 1 aromatic carbocycles. The molecule has 0 radical (unpaired) electrons. The standard InChI is InChI=1S/C15H21NO5/c1-4-16(9-11(2)15(18)19)14(17)10-21-13-7-5-12(20-3)6-8-13/h5-8,11H,4,9-10H2,1-3H3,(H,18,19). The van der Waals surface area contributed by atoms with Gasteiger partial charge in [-0.15, -0.1) is 0 Å². The van der Waals surface area contributed by atoms with E-state index in [2.05, 4.69) is 0 Å². The van der Waals surface area contributed by atoms with Crippen molar-refractivity contribution in [2.24, 2.45) is 5.92 Å². The van der Waals surface area contributed by atoms with Crippen LogP contribution in [0.25, 0.3) is 0 Å². The summed E-state index contributed by atoms with van der Waals surface area (Å²) in [6.45, 7) is 3.88. The molecule has 21 heavy (non-hydrogen) atoms. The molecule has 1 aromatic rings. The van der Waals surface area contributed by atoms with Crippen LogP contribution in [-0.2, 0) is 9.59 Å². The summed E-state index contributed by atoms with van der Waals surface area (Å²) in [6, 6.07) is 6.90.